The molecule has 1 aromatic heterocycles. The highest BCUT2D eigenvalue weighted by molar-refractivity contribution is 6.30. The van der Waals surface area contributed by atoms with Crippen LogP contribution in [0.15, 0.2) is 164 Å². The van der Waals surface area contributed by atoms with Gasteiger partial charge in [0.2, 0.25) is 0 Å². The fourth-order valence-corrected chi connectivity index (χ4v) is 5.48. The molecule has 0 saturated carbocycles. The van der Waals surface area contributed by atoms with Gasteiger partial charge in [0.25, 0.3) is 0 Å². The average molecular weight is 571 g/mol. The molecule has 204 valence electrons. The van der Waals surface area contributed by atoms with Crippen molar-refractivity contribution in [3.8, 4) is 67.3 Å². The normalized spacial score (nSPS) is 10.9. The van der Waals surface area contributed by atoms with Gasteiger partial charge in [-0.05, 0) is 51.6 Å². The zero-order valence-corrected chi connectivity index (χ0v) is 24.1. The van der Waals surface area contributed by atoms with Crippen molar-refractivity contribution < 1.29 is 0 Å². The maximum atomic E-state index is 6.10. The summed E-state index contributed by atoms with van der Waals surface area (Å²) < 4.78 is 0. The molecule has 0 aliphatic heterocycles. The van der Waals surface area contributed by atoms with Gasteiger partial charge in [0.1, 0.15) is 0 Å². The second-order valence-electron chi connectivity index (χ2n) is 10.4. The standard InChI is InChI=1S/C40H27ClN2/c41-35-25-23-31(24-26-35)30-15-19-32(20-16-30)36-13-7-8-14-37(36)39-27-38(42-40(43-39)34-11-5-2-6-12-34)33-21-17-29(18-22-33)28-9-3-1-4-10-28/h1-27H. The first-order valence-electron chi connectivity index (χ1n) is 14.3. The van der Waals surface area contributed by atoms with Gasteiger partial charge in [0.15, 0.2) is 5.82 Å². The molecule has 0 N–H and O–H groups in total. The molecule has 3 heteroatoms. The highest BCUT2D eigenvalue weighted by Gasteiger charge is 2.14. The van der Waals surface area contributed by atoms with Crippen LogP contribution in [0.3, 0.4) is 0 Å². The number of hydrogen-bond acceptors (Lipinski definition) is 2. The molecule has 6 aromatic carbocycles. The molecule has 7 rings (SSSR count). The maximum Gasteiger partial charge on any atom is 0.160 e. The average Bonchev–Trinajstić information content (AvgIpc) is 3.09. The van der Waals surface area contributed by atoms with Gasteiger partial charge in [0.05, 0.1) is 11.4 Å². The third kappa shape index (κ3) is 5.74. The third-order valence-corrected chi connectivity index (χ3v) is 7.87. The Kier molecular flexibility index (Phi) is 7.35. The minimum Gasteiger partial charge on any atom is -0.228 e. The predicted octanol–water partition coefficient (Wildman–Crippen LogP) is 11.1. The molecule has 0 saturated heterocycles. The largest absolute Gasteiger partial charge is 0.228 e. The van der Waals surface area contributed by atoms with Gasteiger partial charge in [-0.25, -0.2) is 9.97 Å². The van der Waals surface area contributed by atoms with E-state index in [9.17, 15) is 0 Å². The highest BCUT2D eigenvalue weighted by atomic mass is 35.5. The van der Waals surface area contributed by atoms with E-state index in [0.29, 0.717) is 5.82 Å². The smallest absolute Gasteiger partial charge is 0.160 e. The van der Waals surface area contributed by atoms with Crippen LogP contribution in [-0.4, -0.2) is 9.97 Å². The van der Waals surface area contributed by atoms with Gasteiger partial charge < -0.3 is 0 Å². The molecule has 0 amide bonds. The van der Waals surface area contributed by atoms with Gasteiger partial charge in [-0.2, -0.15) is 0 Å². The minimum absolute atomic E-state index is 0.702. The van der Waals surface area contributed by atoms with Crippen molar-refractivity contribution in [2.45, 2.75) is 0 Å². The molecule has 0 spiro atoms. The molecular formula is C40H27ClN2. The van der Waals surface area contributed by atoms with Crippen molar-refractivity contribution in [1.82, 2.24) is 9.97 Å². The molecule has 0 aliphatic carbocycles. The first kappa shape index (κ1) is 26.6. The second-order valence-corrected chi connectivity index (χ2v) is 10.8. The molecule has 0 atom stereocenters. The van der Waals surface area contributed by atoms with E-state index in [-0.39, 0.29) is 0 Å². The van der Waals surface area contributed by atoms with Crippen molar-refractivity contribution in [2.24, 2.45) is 0 Å². The molecule has 0 unspecified atom stereocenters. The van der Waals surface area contributed by atoms with E-state index in [1.54, 1.807) is 0 Å². The van der Waals surface area contributed by atoms with Gasteiger partial charge in [0, 0.05) is 21.7 Å². The molecule has 2 nitrogen and oxygen atoms in total. The fraction of sp³-hybridized carbons (Fsp3) is 0. The third-order valence-electron chi connectivity index (χ3n) is 7.62. The van der Waals surface area contributed by atoms with Crippen LogP contribution in [0.1, 0.15) is 0 Å². The van der Waals surface area contributed by atoms with Crippen LogP contribution in [0.25, 0.3) is 67.3 Å². The Morgan fingerprint density at radius 3 is 1.35 bits per heavy atom. The Hall–Kier alpha value is -5.31. The second kappa shape index (κ2) is 11.9. The Morgan fingerprint density at radius 2 is 0.744 bits per heavy atom. The summed E-state index contributed by atoms with van der Waals surface area (Å²) in [6.07, 6.45) is 0. The zero-order valence-electron chi connectivity index (χ0n) is 23.4. The lowest BCUT2D eigenvalue weighted by Gasteiger charge is -2.13. The first-order valence-corrected chi connectivity index (χ1v) is 14.7. The molecule has 0 aliphatic rings. The molecule has 0 fully saturated rings. The number of benzene rings is 6. The van der Waals surface area contributed by atoms with Crippen LogP contribution in [0.4, 0.5) is 0 Å². The van der Waals surface area contributed by atoms with E-state index in [4.69, 9.17) is 21.6 Å². The van der Waals surface area contributed by atoms with E-state index in [1.165, 1.54) is 11.1 Å². The summed E-state index contributed by atoms with van der Waals surface area (Å²) >= 11 is 6.10. The summed E-state index contributed by atoms with van der Waals surface area (Å²) in [6.45, 7) is 0. The van der Waals surface area contributed by atoms with E-state index in [2.05, 4.69) is 115 Å². The Labute approximate surface area is 257 Å². The minimum atomic E-state index is 0.702. The van der Waals surface area contributed by atoms with Crippen LogP contribution in [0, 0.1) is 0 Å². The number of rotatable bonds is 6. The zero-order chi connectivity index (χ0) is 29.0. The van der Waals surface area contributed by atoms with Gasteiger partial charge in [-0.1, -0.05) is 157 Å². The van der Waals surface area contributed by atoms with Crippen molar-refractivity contribution in [2.75, 3.05) is 0 Å². The summed E-state index contributed by atoms with van der Waals surface area (Å²) in [5.74, 6) is 0.702. The number of halogens is 1. The van der Waals surface area contributed by atoms with Crippen molar-refractivity contribution >= 4 is 11.6 Å². The van der Waals surface area contributed by atoms with Gasteiger partial charge >= 0.3 is 0 Å². The van der Waals surface area contributed by atoms with Crippen LogP contribution >= 0.6 is 11.6 Å². The van der Waals surface area contributed by atoms with Crippen molar-refractivity contribution in [3.63, 3.8) is 0 Å². The lowest BCUT2D eigenvalue weighted by molar-refractivity contribution is 1.18. The summed E-state index contributed by atoms with van der Waals surface area (Å²) in [4.78, 5) is 10.1. The summed E-state index contributed by atoms with van der Waals surface area (Å²) in [5, 5.41) is 0.737. The lowest BCUT2D eigenvalue weighted by Crippen LogP contribution is -1.97. The SMILES string of the molecule is Clc1ccc(-c2ccc(-c3ccccc3-c3cc(-c4ccc(-c5ccccc5)cc4)nc(-c4ccccc4)n3)cc2)cc1. The summed E-state index contributed by atoms with van der Waals surface area (Å²) in [7, 11) is 0. The monoisotopic (exact) mass is 570 g/mol. The van der Waals surface area contributed by atoms with Crippen LogP contribution in [0.2, 0.25) is 5.02 Å². The van der Waals surface area contributed by atoms with Gasteiger partial charge in [-0.15, -0.1) is 0 Å². The van der Waals surface area contributed by atoms with E-state index >= 15 is 0 Å². The Bertz CT molecular complexity index is 1980. The molecule has 7 aromatic rings. The maximum absolute atomic E-state index is 6.10. The van der Waals surface area contributed by atoms with E-state index < -0.39 is 0 Å². The van der Waals surface area contributed by atoms with E-state index in [1.807, 2.05) is 48.5 Å². The number of aromatic nitrogens is 2. The van der Waals surface area contributed by atoms with Gasteiger partial charge in [-0.3, -0.25) is 0 Å². The fourth-order valence-electron chi connectivity index (χ4n) is 5.36. The Balaban J connectivity index is 1.31. The molecular weight excluding hydrogens is 544 g/mol. The number of hydrogen-bond donors (Lipinski definition) is 0. The van der Waals surface area contributed by atoms with E-state index in [0.717, 1.165) is 55.4 Å². The molecule has 1 heterocycles. The van der Waals surface area contributed by atoms with Crippen LogP contribution < -0.4 is 0 Å². The molecule has 0 bridgehead atoms. The molecule has 0 radical (unpaired) electrons. The molecule has 43 heavy (non-hydrogen) atoms. The first-order chi connectivity index (χ1) is 21.2. The topological polar surface area (TPSA) is 25.8 Å². The van der Waals surface area contributed by atoms with Crippen LogP contribution in [-0.2, 0) is 0 Å². The Morgan fingerprint density at radius 1 is 0.326 bits per heavy atom. The lowest BCUT2D eigenvalue weighted by atomic mass is 9.94. The van der Waals surface area contributed by atoms with Crippen LogP contribution in [0.5, 0.6) is 0 Å². The summed E-state index contributed by atoms with van der Waals surface area (Å²) in [6, 6.07) is 56.4. The van der Waals surface area contributed by atoms with Crippen molar-refractivity contribution in [3.05, 3.63) is 169 Å². The van der Waals surface area contributed by atoms with Crippen molar-refractivity contribution in [1.29, 1.82) is 0 Å². The highest BCUT2D eigenvalue weighted by Crippen LogP contribution is 2.35. The number of nitrogens with zero attached hydrogens (tertiary/aromatic N) is 2. The quantitative estimate of drug-likeness (QED) is 0.199. The summed E-state index contributed by atoms with van der Waals surface area (Å²) in [5.41, 5.74) is 11.8. The predicted molar refractivity (Wildman–Crippen MR) is 180 cm³/mol.